The number of benzene rings is 5. The molecule has 0 aliphatic rings. The number of ether oxygens (including phenoxy) is 6. The number of aromatic nitrogens is 2. The molecule has 0 atom stereocenters. The third-order valence-electron chi connectivity index (χ3n) is 8.98. The zero-order valence-electron chi connectivity index (χ0n) is 35.0. The van der Waals surface area contributed by atoms with Crippen molar-refractivity contribution in [3.63, 3.8) is 0 Å². The molecule has 7 rings (SSSR count). The second kappa shape index (κ2) is 22.9. The number of anilines is 2. The Labute approximate surface area is 385 Å². The maximum atomic E-state index is 13.7. The molecule has 16 nitrogen and oxygen atoms in total. The number of esters is 4. The van der Waals surface area contributed by atoms with Gasteiger partial charge >= 0.3 is 23.9 Å². The predicted molar refractivity (Wildman–Crippen MR) is 253 cm³/mol. The topological polar surface area (TPSA) is 198 Å². The molecule has 0 bridgehead atoms. The molecule has 2 heterocycles. The number of hydrogen-bond donors (Lipinski definition) is 2. The van der Waals surface area contributed by atoms with Crippen LogP contribution in [-0.4, -0.2) is 72.7 Å². The summed E-state index contributed by atoms with van der Waals surface area (Å²) in [6.45, 7) is 7.62. The van der Waals surface area contributed by atoms with E-state index in [2.05, 4.69) is 44.2 Å². The van der Waals surface area contributed by atoms with Crippen LogP contribution in [0.5, 0.6) is 23.0 Å². The summed E-state index contributed by atoms with van der Waals surface area (Å²) < 4.78 is 35.3. The quantitative estimate of drug-likeness (QED) is 0.0163. The third-order valence-corrected chi connectivity index (χ3v) is 10.9. The monoisotopic (exact) mass is 924 g/mol. The van der Waals surface area contributed by atoms with E-state index in [4.69, 9.17) is 28.4 Å². The van der Waals surface area contributed by atoms with Crippen LogP contribution >= 0.6 is 22.7 Å². The van der Waals surface area contributed by atoms with E-state index in [9.17, 15) is 19.2 Å². The first-order chi connectivity index (χ1) is 32.2. The molecule has 0 saturated heterocycles. The largest absolute Gasteiger partial charge is 0.493 e. The van der Waals surface area contributed by atoms with Gasteiger partial charge in [-0.05, 0) is 84.9 Å². The Kier molecular flexibility index (Phi) is 15.9. The summed E-state index contributed by atoms with van der Waals surface area (Å²) in [5.74, 6) is -1.32. The number of hydrazone groups is 2. The van der Waals surface area contributed by atoms with Gasteiger partial charge < -0.3 is 28.4 Å². The third kappa shape index (κ3) is 12.9. The number of fused-ring (bicyclic) bond motifs is 2. The standard InChI is InChI=1S/C48H40N6O10S2/c1-3-43(55)61-25-9-23-59-35-19-15-31(16-20-35)45(57)63-39-27-34(30-50-54-48-52-38-12-6-8-14-42(38)66-48)40(28-33(39)29-49-53-47-51-37-11-5-7-13-41(37)65-47)64-46(58)32-17-21-36(22-18-32)60-24-10-26-62-44(56)4-2/h3-8,11-22,27-30H,1-2,9-10,23-26H2,(H,51,53)(H,52,54)/b49-29+,50-30+. The molecular formula is C48H40N6O10S2. The Balaban J connectivity index is 1.14. The van der Waals surface area contributed by atoms with E-state index in [0.29, 0.717) is 34.6 Å². The maximum Gasteiger partial charge on any atom is 0.343 e. The molecule has 2 aromatic heterocycles. The number of thiazole rings is 2. The summed E-state index contributed by atoms with van der Waals surface area (Å²) in [6, 6.07) is 31.0. The molecule has 5 aromatic carbocycles. The second-order valence-corrected chi connectivity index (χ2v) is 15.7. The number of carbonyl (C=O) groups is 4. The average molecular weight is 925 g/mol. The van der Waals surface area contributed by atoms with Gasteiger partial charge in [-0.2, -0.15) is 10.2 Å². The minimum absolute atomic E-state index is 0.0613. The zero-order valence-corrected chi connectivity index (χ0v) is 36.7. The van der Waals surface area contributed by atoms with Gasteiger partial charge in [0.2, 0.25) is 10.3 Å². The first-order valence-corrected chi connectivity index (χ1v) is 21.8. The van der Waals surface area contributed by atoms with Crippen LogP contribution in [0, 0.1) is 0 Å². The number of carbonyl (C=O) groups excluding carboxylic acids is 4. The first kappa shape index (κ1) is 45.8. The summed E-state index contributed by atoms with van der Waals surface area (Å²) in [7, 11) is 0. The highest BCUT2D eigenvalue weighted by atomic mass is 32.1. The minimum atomic E-state index is -0.702. The normalized spacial score (nSPS) is 11.0. The van der Waals surface area contributed by atoms with Gasteiger partial charge in [0.1, 0.15) is 23.0 Å². The van der Waals surface area contributed by atoms with Crippen molar-refractivity contribution in [1.29, 1.82) is 0 Å². The fourth-order valence-corrected chi connectivity index (χ4v) is 7.41. The lowest BCUT2D eigenvalue weighted by Gasteiger charge is -2.14. The molecule has 0 spiro atoms. The lowest BCUT2D eigenvalue weighted by molar-refractivity contribution is -0.138. The number of nitrogens with zero attached hydrogens (tertiary/aromatic N) is 4. The fraction of sp³-hybridized carbons (Fsp3) is 0.125. The van der Waals surface area contributed by atoms with Crippen molar-refractivity contribution in [2.75, 3.05) is 37.3 Å². The van der Waals surface area contributed by atoms with Crippen molar-refractivity contribution >= 4 is 89.7 Å². The number of rotatable bonds is 22. The zero-order chi connectivity index (χ0) is 46.1. The molecule has 0 unspecified atom stereocenters. The molecule has 7 aromatic rings. The minimum Gasteiger partial charge on any atom is -0.493 e. The van der Waals surface area contributed by atoms with Crippen molar-refractivity contribution in [1.82, 2.24) is 9.97 Å². The van der Waals surface area contributed by atoms with E-state index in [1.54, 1.807) is 48.5 Å². The summed E-state index contributed by atoms with van der Waals surface area (Å²) in [5.41, 5.74) is 8.41. The molecule has 66 heavy (non-hydrogen) atoms. The fourth-order valence-electron chi connectivity index (χ4n) is 5.78. The van der Waals surface area contributed by atoms with E-state index in [0.717, 1.165) is 32.6 Å². The SMILES string of the molecule is C=CC(=O)OCCCOc1ccc(C(=O)Oc2cc(/C=N/Nc3nc4ccccc4s3)c(OC(=O)c3ccc(OCCCOC(=O)C=C)cc3)cc2/C=N/Nc2nc3ccccc3s2)cc1. The van der Waals surface area contributed by atoms with E-state index in [1.165, 1.54) is 47.2 Å². The van der Waals surface area contributed by atoms with Crippen molar-refractivity contribution < 1.29 is 47.6 Å². The van der Waals surface area contributed by atoms with Crippen LogP contribution in [0.25, 0.3) is 20.4 Å². The molecule has 0 aliphatic carbocycles. The van der Waals surface area contributed by atoms with Gasteiger partial charge in [-0.3, -0.25) is 10.9 Å². The van der Waals surface area contributed by atoms with Crippen LogP contribution in [0.4, 0.5) is 10.3 Å². The number of nitrogens with one attached hydrogen (secondary N) is 2. The summed E-state index contributed by atoms with van der Waals surface area (Å²) in [4.78, 5) is 59.1. The Morgan fingerprint density at radius 3 is 1.36 bits per heavy atom. The first-order valence-electron chi connectivity index (χ1n) is 20.2. The van der Waals surface area contributed by atoms with Crippen LogP contribution < -0.4 is 29.8 Å². The maximum absolute atomic E-state index is 13.7. The van der Waals surface area contributed by atoms with Crippen LogP contribution in [-0.2, 0) is 19.1 Å². The van der Waals surface area contributed by atoms with Gasteiger partial charge in [-0.15, -0.1) is 0 Å². The molecule has 0 amide bonds. The molecule has 0 radical (unpaired) electrons. The molecule has 334 valence electrons. The highest BCUT2D eigenvalue weighted by molar-refractivity contribution is 7.22. The van der Waals surface area contributed by atoms with Crippen molar-refractivity contribution in [2.24, 2.45) is 10.2 Å². The summed E-state index contributed by atoms with van der Waals surface area (Å²) in [5, 5.41) is 9.84. The smallest absolute Gasteiger partial charge is 0.343 e. The van der Waals surface area contributed by atoms with Crippen LogP contribution in [0.15, 0.2) is 145 Å². The van der Waals surface area contributed by atoms with E-state index in [1.807, 2.05) is 48.5 Å². The Morgan fingerprint density at radius 2 is 0.970 bits per heavy atom. The van der Waals surface area contributed by atoms with E-state index >= 15 is 0 Å². The molecule has 2 N–H and O–H groups in total. The lowest BCUT2D eigenvalue weighted by atomic mass is 10.1. The van der Waals surface area contributed by atoms with E-state index in [-0.39, 0.29) is 60.2 Å². The van der Waals surface area contributed by atoms with Gasteiger partial charge in [0.05, 0.1) is 70.4 Å². The average Bonchev–Trinajstić information content (AvgIpc) is 3.96. The van der Waals surface area contributed by atoms with Crippen molar-refractivity contribution in [3.05, 3.63) is 157 Å². The van der Waals surface area contributed by atoms with Gasteiger partial charge in [-0.1, -0.05) is 60.1 Å². The van der Waals surface area contributed by atoms with Crippen molar-refractivity contribution in [2.45, 2.75) is 12.8 Å². The van der Waals surface area contributed by atoms with Crippen LogP contribution in [0.3, 0.4) is 0 Å². The summed E-state index contributed by atoms with van der Waals surface area (Å²) >= 11 is 2.80. The Morgan fingerprint density at radius 1 is 0.561 bits per heavy atom. The number of para-hydroxylation sites is 2. The highest BCUT2D eigenvalue weighted by Crippen LogP contribution is 2.31. The van der Waals surface area contributed by atoms with E-state index < -0.39 is 23.9 Å². The second-order valence-electron chi connectivity index (χ2n) is 13.6. The summed E-state index contributed by atoms with van der Waals surface area (Å²) in [6.07, 6.45) is 5.92. The van der Waals surface area contributed by atoms with Gasteiger partial charge in [0.15, 0.2) is 0 Å². The lowest BCUT2D eigenvalue weighted by Crippen LogP contribution is -2.13. The predicted octanol–water partition coefficient (Wildman–Crippen LogP) is 9.23. The molecule has 0 fully saturated rings. The molecule has 0 saturated carbocycles. The van der Waals surface area contributed by atoms with Gasteiger partial charge in [-0.25, -0.2) is 29.1 Å². The Bertz CT molecular complexity index is 2650. The Hall–Kier alpha value is -8.22. The highest BCUT2D eigenvalue weighted by Gasteiger charge is 2.19. The van der Waals surface area contributed by atoms with Gasteiger partial charge in [0, 0.05) is 36.1 Å². The molecule has 0 aliphatic heterocycles. The number of hydrogen-bond acceptors (Lipinski definition) is 18. The molecule has 18 heteroatoms. The molecular weight excluding hydrogens is 885 g/mol. The van der Waals surface area contributed by atoms with Crippen molar-refractivity contribution in [3.8, 4) is 23.0 Å². The van der Waals surface area contributed by atoms with Crippen LogP contribution in [0.2, 0.25) is 0 Å². The van der Waals surface area contributed by atoms with Gasteiger partial charge in [0.25, 0.3) is 0 Å². The van der Waals surface area contributed by atoms with Crippen LogP contribution in [0.1, 0.15) is 44.7 Å².